The van der Waals surface area contributed by atoms with E-state index in [9.17, 15) is 4.79 Å². The first-order valence-corrected chi connectivity index (χ1v) is 8.22. The van der Waals surface area contributed by atoms with Crippen molar-refractivity contribution in [3.8, 4) is 11.5 Å². The summed E-state index contributed by atoms with van der Waals surface area (Å²) in [5, 5.41) is 2.90. The fraction of sp³-hybridized carbons (Fsp3) is 0.368. The summed E-state index contributed by atoms with van der Waals surface area (Å²) >= 11 is 0. The highest BCUT2D eigenvalue weighted by Crippen LogP contribution is 2.28. The van der Waals surface area contributed by atoms with Gasteiger partial charge in [-0.25, -0.2) is 0 Å². The summed E-state index contributed by atoms with van der Waals surface area (Å²) in [5.74, 6) is 1.19. The number of hydrogen-bond donors (Lipinski definition) is 1. The molecule has 0 spiro atoms. The van der Waals surface area contributed by atoms with Gasteiger partial charge in [-0.2, -0.15) is 4.57 Å². The number of carbonyl (C=O) groups excluding carboxylic acids is 1. The number of methoxy groups -OCH3 is 2. The Hall–Kier alpha value is -2.56. The molecule has 0 unspecified atom stereocenters. The van der Waals surface area contributed by atoms with Crippen LogP contribution < -0.4 is 19.4 Å². The fourth-order valence-corrected chi connectivity index (χ4v) is 3.07. The lowest BCUT2D eigenvalue weighted by Crippen LogP contribution is -2.40. The first-order valence-electron chi connectivity index (χ1n) is 8.22. The lowest BCUT2D eigenvalue weighted by molar-refractivity contribution is -0.684. The molecule has 0 bridgehead atoms. The average molecular weight is 327 g/mol. The number of benzene rings is 1. The summed E-state index contributed by atoms with van der Waals surface area (Å²) in [7, 11) is 3.17. The Morgan fingerprint density at radius 3 is 2.67 bits per heavy atom. The topological polar surface area (TPSA) is 51.4 Å². The lowest BCUT2D eigenvalue weighted by atomic mass is 9.93. The van der Waals surface area contributed by atoms with Crippen molar-refractivity contribution >= 4 is 11.6 Å². The predicted octanol–water partition coefficient (Wildman–Crippen LogP) is 2.51. The van der Waals surface area contributed by atoms with Crippen LogP contribution in [-0.2, 0) is 24.2 Å². The van der Waals surface area contributed by atoms with Gasteiger partial charge >= 0.3 is 0 Å². The van der Waals surface area contributed by atoms with Crippen molar-refractivity contribution in [2.24, 2.45) is 0 Å². The van der Waals surface area contributed by atoms with Crippen LogP contribution in [0.3, 0.4) is 0 Å². The van der Waals surface area contributed by atoms with Gasteiger partial charge in [0.2, 0.25) is 6.54 Å². The third-order valence-electron chi connectivity index (χ3n) is 4.35. The number of nitrogens with zero attached hydrogens (tertiary/aromatic N) is 1. The first kappa shape index (κ1) is 16.3. The van der Waals surface area contributed by atoms with Crippen LogP contribution in [0.2, 0.25) is 0 Å². The number of aromatic nitrogens is 1. The molecule has 0 atom stereocenters. The van der Waals surface area contributed by atoms with E-state index in [-0.39, 0.29) is 12.5 Å². The second-order valence-electron chi connectivity index (χ2n) is 5.99. The number of ether oxygens (including phenoxy) is 2. The number of pyridine rings is 1. The zero-order valence-corrected chi connectivity index (χ0v) is 14.2. The molecule has 2 aromatic rings. The van der Waals surface area contributed by atoms with Crippen LogP contribution in [0.1, 0.15) is 24.0 Å². The number of rotatable bonds is 5. The van der Waals surface area contributed by atoms with Gasteiger partial charge in [-0.3, -0.25) is 4.79 Å². The molecule has 1 heterocycles. The summed E-state index contributed by atoms with van der Waals surface area (Å²) in [6, 6.07) is 7.47. The highest BCUT2D eigenvalue weighted by molar-refractivity contribution is 5.91. The molecule has 1 aromatic carbocycles. The Balaban J connectivity index is 1.69. The minimum Gasteiger partial charge on any atom is -0.497 e. The molecule has 126 valence electrons. The van der Waals surface area contributed by atoms with E-state index in [4.69, 9.17) is 9.47 Å². The van der Waals surface area contributed by atoms with E-state index >= 15 is 0 Å². The van der Waals surface area contributed by atoms with Gasteiger partial charge in [0.1, 0.15) is 11.5 Å². The molecule has 0 radical (unpaired) electrons. The van der Waals surface area contributed by atoms with Crippen LogP contribution in [0.25, 0.3) is 0 Å². The third-order valence-corrected chi connectivity index (χ3v) is 4.35. The normalized spacial score (nSPS) is 13.1. The standard InChI is InChI=1S/C19H22N2O3/c1-23-16-7-8-17(18(11-16)24-2)20-19(22)13-21-10-9-14-5-3-4-6-15(14)12-21/h7-12H,3-6,13H2,1-2H3/p+1. The number of anilines is 1. The molecule has 0 saturated heterocycles. The van der Waals surface area contributed by atoms with E-state index in [1.807, 2.05) is 10.8 Å². The fourth-order valence-electron chi connectivity index (χ4n) is 3.07. The van der Waals surface area contributed by atoms with Crippen molar-refractivity contribution in [1.82, 2.24) is 0 Å². The van der Waals surface area contributed by atoms with Crippen molar-refractivity contribution in [3.05, 3.63) is 47.8 Å². The largest absolute Gasteiger partial charge is 0.497 e. The minimum atomic E-state index is -0.0840. The Labute approximate surface area is 142 Å². The van der Waals surface area contributed by atoms with E-state index < -0.39 is 0 Å². The Morgan fingerprint density at radius 1 is 1.12 bits per heavy atom. The van der Waals surface area contributed by atoms with E-state index in [0.717, 1.165) is 12.8 Å². The maximum atomic E-state index is 12.4. The zero-order chi connectivity index (χ0) is 16.9. The molecule has 0 saturated carbocycles. The molecule has 5 nitrogen and oxygen atoms in total. The summed E-state index contributed by atoms with van der Waals surface area (Å²) in [5.41, 5.74) is 3.41. The molecule has 5 heteroatoms. The summed E-state index contributed by atoms with van der Waals surface area (Å²) in [6.45, 7) is 0.280. The Bertz CT molecular complexity index is 743. The number of carbonyl (C=O) groups is 1. The average Bonchev–Trinajstić information content (AvgIpc) is 2.62. The van der Waals surface area contributed by atoms with E-state index in [1.54, 1.807) is 32.4 Å². The van der Waals surface area contributed by atoms with Crippen molar-refractivity contribution in [3.63, 3.8) is 0 Å². The monoisotopic (exact) mass is 327 g/mol. The first-order chi connectivity index (χ1) is 11.7. The van der Waals surface area contributed by atoms with Crippen molar-refractivity contribution < 1.29 is 18.8 Å². The molecule has 1 aliphatic rings. The van der Waals surface area contributed by atoms with Crippen LogP contribution in [0, 0.1) is 0 Å². The van der Waals surface area contributed by atoms with Gasteiger partial charge in [0, 0.05) is 17.7 Å². The van der Waals surface area contributed by atoms with Gasteiger partial charge in [-0.15, -0.1) is 0 Å². The third kappa shape index (κ3) is 3.67. The molecular weight excluding hydrogens is 304 g/mol. The molecule has 3 rings (SSSR count). The summed E-state index contributed by atoms with van der Waals surface area (Å²) in [4.78, 5) is 12.4. The molecule has 1 aromatic heterocycles. The van der Waals surface area contributed by atoms with Crippen LogP contribution >= 0.6 is 0 Å². The zero-order valence-electron chi connectivity index (χ0n) is 14.2. The van der Waals surface area contributed by atoms with Crippen molar-refractivity contribution in [1.29, 1.82) is 0 Å². The molecule has 1 N–H and O–H groups in total. The number of aryl methyl sites for hydroxylation is 2. The van der Waals surface area contributed by atoms with Gasteiger partial charge < -0.3 is 14.8 Å². The van der Waals surface area contributed by atoms with Crippen molar-refractivity contribution in [2.45, 2.75) is 32.2 Å². The van der Waals surface area contributed by atoms with Crippen molar-refractivity contribution in [2.75, 3.05) is 19.5 Å². The SMILES string of the molecule is COc1ccc(NC(=O)C[n+]2ccc3c(c2)CCCC3)c(OC)c1. The van der Waals surface area contributed by atoms with Gasteiger partial charge in [-0.05, 0) is 43.4 Å². The van der Waals surface area contributed by atoms with Gasteiger partial charge in [-0.1, -0.05) is 0 Å². The van der Waals surface area contributed by atoms with Gasteiger partial charge in [0.05, 0.1) is 19.9 Å². The molecular formula is C19H23N2O3+. The maximum absolute atomic E-state index is 12.4. The summed E-state index contributed by atoms with van der Waals surface area (Å²) < 4.78 is 12.4. The quantitative estimate of drug-likeness (QED) is 0.859. The van der Waals surface area contributed by atoms with Gasteiger partial charge in [0.25, 0.3) is 5.91 Å². The number of fused-ring (bicyclic) bond motifs is 1. The second kappa shape index (κ2) is 7.34. The van der Waals surface area contributed by atoms with E-state index in [1.165, 1.54) is 24.0 Å². The number of nitrogens with one attached hydrogen (secondary N) is 1. The molecule has 24 heavy (non-hydrogen) atoms. The molecule has 0 fully saturated rings. The van der Waals surface area contributed by atoms with E-state index in [0.29, 0.717) is 17.2 Å². The van der Waals surface area contributed by atoms with Crippen LogP contribution in [0.15, 0.2) is 36.7 Å². The predicted molar refractivity (Wildman–Crippen MR) is 91.5 cm³/mol. The van der Waals surface area contributed by atoms with E-state index in [2.05, 4.69) is 17.6 Å². The maximum Gasteiger partial charge on any atom is 0.290 e. The minimum absolute atomic E-state index is 0.0840. The molecule has 1 aliphatic carbocycles. The highest BCUT2D eigenvalue weighted by atomic mass is 16.5. The van der Waals surface area contributed by atoms with Crippen LogP contribution in [-0.4, -0.2) is 20.1 Å². The van der Waals surface area contributed by atoms with Crippen LogP contribution in [0.5, 0.6) is 11.5 Å². The Kier molecular flexibility index (Phi) is 4.99. The lowest BCUT2D eigenvalue weighted by Gasteiger charge is -2.13. The van der Waals surface area contributed by atoms with Gasteiger partial charge in [0.15, 0.2) is 12.4 Å². The molecule has 0 aliphatic heterocycles. The second-order valence-corrected chi connectivity index (χ2v) is 5.99. The summed E-state index contributed by atoms with van der Waals surface area (Å²) in [6.07, 6.45) is 8.81. The number of amides is 1. The highest BCUT2D eigenvalue weighted by Gasteiger charge is 2.17. The Morgan fingerprint density at radius 2 is 1.92 bits per heavy atom. The number of hydrogen-bond acceptors (Lipinski definition) is 3. The van der Waals surface area contributed by atoms with Crippen LogP contribution in [0.4, 0.5) is 5.69 Å². The molecule has 1 amide bonds. The smallest absolute Gasteiger partial charge is 0.290 e.